The van der Waals surface area contributed by atoms with Crippen LogP contribution in [0.15, 0.2) is 23.2 Å². The minimum atomic E-state index is -0.113. The smallest absolute Gasteiger partial charge is 0.228 e. The van der Waals surface area contributed by atoms with Crippen LogP contribution in [0.4, 0.5) is 17.5 Å². The molecule has 0 spiro atoms. The van der Waals surface area contributed by atoms with Crippen LogP contribution >= 0.6 is 23.2 Å². The molecule has 0 aliphatic carbocycles. The predicted molar refractivity (Wildman–Crippen MR) is 139 cm³/mol. The number of anilines is 3. The van der Waals surface area contributed by atoms with Crippen LogP contribution in [0.2, 0.25) is 10.0 Å². The molecule has 0 amide bonds. The number of likely N-dealkylation sites (tertiary alicyclic amines) is 1. The Morgan fingerprint density at radius 1 is 1.24 bits per heavy atom. The van der Waals surface area contributed by atoms with Crippen molar-refractivity contribution in [2.45, 2.75) is 32.7 Å². The van der Waals surface area contributed by atoms with Crippen LogP contribution in [-0.4, -0.2) is 60.9 Å². The van der Waals surface area contributed by atoms with Crippen molar-refractivity contribution in [2.24, 2.45) is 16.8 Å². The first-order chi connectivity index (χ1) is 15.9. The molecule has 3 heterocycles. The van der Waals surface area contributed by atoms with E-state index in [4.69, 9.17) is 38.9 Å². The SMILES string of the molecule is CCN1CCCC(C2CN(c3nc(C=NC)c(N)c(NC(C)c4ccc(Cl)cc4Cl)n3)C2)C1. The topological polar surface area (TPSA) is 82.7 Å². The number of piperidine rings is 1. The van der Waals surface area contributed by atoms with Crippen LogP contribution in [-0.2, 0) is 0 Å². The van der Waals surface area contributed by atoms with Crippen LogP contribution in [0.3, 0.4) is 0 Å². The lowest BCUT2D eigenvalue weighted by Crippen LogP contribution is -2.54. The van der Waals surface area contributed by atoms with Gasteiger partial charge in [-0.3, -0.25) is 4.99 Å². The molecule has 2 fully saturated rings. The third-order valence-electron chi connectivity index (χ3n) is 6.85. The van der Waals surface area contributed by atoms with E-state index in [9.17, 15) is 0 Å². The Morgan fingerprint density at radius 2 is 2.03 bits per heavy atom. The number of hydrogen-bond donors (Lipinski definition) is 2. The number of aliphatic imine (C=N–C) groups is 1. The number of nitrogens with zero attached hydrogens (tertiary/aromatic N) is 5. The number of nitrogens with one attached hydrogen (secondary N) is 1. The highest BCUT2D eigenvalue weighted by atomic mass is 35.5. The molecule has 2 aliphatic rings. The highest BCUT2D eigenvalue weighted by Crippen LogP contribution is 2.35. The lowest BCUT2D eigenvalue weighted by Gasteiger charge is -2.46. The number of hydrogen-bond acceptors (Lipinski definition) is 7. The van der Waals surface area contributed by atoms with Crippen LogP contribution in [0.5, 0.6) is 0 Å². The Morgan fingerprint density at radius 3 is 2.73 bits per heavy atom. The normalized spacial score (nSPS) is 20.8. The van der Waals surface area contributed by atoms with E-state index in [0.717, 1.165) is 31.1 Å². The Kier molecular flexibility index (Phi) is 7.62. The van der Waals surface area contributed by atoms with E-state index < -0.39 is 0 Å². The summed E-state index contributed by atoms with van der Waals surface area (Å²) in [6.07, 6.45) is 4.30. The summed E-state index contributed by atoms with van der Waals surface area (Å²) in [6.45, 7) is 9.80. The van der Waals surface area contributed by atoms with Gasteiger partial charge >= 0.3 is 0 Å². The highest BCUT2D eigenvalue weighted by molar-refractivity contribution is 6.35. The molecular weight excluding hydrogens is 457 g/mol. The molecule has 0 saturated carbocycles. The fourth-order valence-corrected chi connectivity index (χ4v) is 5.39. The predicted octanol–water partition coefficient (Wildman–Crippen LogP) is 4.76. The van der Waals surface area contributed by atoms with Gasteiger partial charge in [-0.1, -0.05) is 36.2 Å². The molecule has 2 aromatic rings. The fraction of sp³-hybridized carbons (Fsp3) is 0.542. The molecule has 33 heavy (non-hydrogen) atoms. The fourth-order valence-electron chi connectivity index (χ4n) is 4.82. The quantitative estimate of drug-likeness (QED) is 0.545. The second kappa shape index (κ2) is 10.5. The molecule has 1 aromatic carbocycles. The number of nitrogen functional groups attached to an aromatic ring is 1. The van der Waals surface area contributed by atoms with E-state index >= 15 is 0 Å². The van der Waals surface area contributed by atoms with Gasteiger partial charge in [0.05, 0.1) is 6.04 Å². The van der Waals surface area contributed by atoms with Gasteiger partial charge < -0.3 is 20.9 Å². The van der Waals surface area contributed by atoms with E-state index in [2.05, 4.69) is 27.0 Å². The molecule has 0 radical (unpaired) electrons. The van der Waals surface area contributed by atoms with Gasteiger partial charge in [0.15, 0.2) is 5.82 Å². The molecular formula is C24H33Cl2N7. The minimum Gasteiger partial charge on any atom is -0.394 e. The van der Waals surface area contributed by atoms with E-state index in [1.165, 1.54) is 25.9 Å². The zero-order chi connectivity index (χ0) is 23.5. The van der Waals surface area contributed by atoms with Crippen molar-refractivity contribution < 1.29 is 0 Å². The monoisotopic (exact) mass is 489 g/mol. The number of rotatable bonds is 7. The maximum Gasteiger partial charge on any atom is 0.228 e. The average molecular weight is 490 g/mol. The van der Waals surface area contributed by atoms with Crippen molar-refractivity contribution >= 4 is 46.9 Å². The standard InChI is InChI=1S/C24H33Cl2N7/c1-4-32-9-5-6-16(12-32)17-13-33(14-17)24-30-21(11-28-3)22(27)23(31-24)29-15(2)19-8-7-18(25)10-20(19)26/h7-8,10-11,15-17H,4-6,9,12-14,27H2,1-3H3,(H,29,30,31). The summed E-state index contributed by atoms with van der Waals surface area (Å²) in [5.74, 6) is 2.72. The van der Waals surface area contributed by atoms with Crippen molar-refractivity contribution in [3.05, 3.63) is 39.5 Å². The van der Waals surface area contributed by atoms with Crippen LogP contribution in [0.1, 0.15) is 44.0 Å². The van der Waals surface area contributed by atoms with Crippen LogP contribution < -0.4 is 16.0 Å². The first-order valence-electron chi connectivity index (χ1n) is 11.7. The largest absolute Gasteiger partial charge is 0.394 e. The maximum absolute atomic E-state index is 6.41. The van der Waals surface area contributed by atoms with Gasteiger partial charge in [0.1, 0.15) is 11.4 Å². The van der Waals surface area contributed by atoms with Crippen molar-refractivity contribution in [3.63, 3.8) is 0 Å². The van der Waals surface area contributed by atoms with Crippen LogP contribution in [0, 0.1) is 11.8 Å². The summed E-state index contributed by atoms with van der Waals surface area (Å²) in [5.41, 5.74) is 8.43. The zero-order valence-corrected chi connectivity index (χ0v) is 21.1. The van der Waals surface area contributed by atoms with Gasteiger partial charge in [-0.25, -0.2) is 4.98 Å². The summed E-state index contributed by atoms with van der Waals surface area (Å²) in [4.78, 5) is 18.5. The molecule has 2 aliphatic heterocycles. The second-order valence-corrected chi connectivity index (χ2v) is 9.89. The molecule has 178 valence electrons. The van der Waals surface area contributed by atoms with E-state index in [-0.39, 0.29) is 6.04 Å². The van der Waals surface area contributed by atoms with E-state index in [1.54, 1.807) is 19.3 Å². The maximum atomic E-state index is 6.41. The summed E-state index contributed by atoms with van der Waals surface area (Å²) < 4.78 is 0. The highest BCUT2D eigenvalue weighted by Gasteiger charge is 2.37. The Balaban J connectivity index is 1.51. The Hall–Kier alpha value is -2.09. The molecule has 1 aromatic heterocycles. The second-order valence-electron chi connectivity index (χ2n) is 9.05. The van der Waals surface area contributed by atoms with Gasteiger partial charge in [-0.05, 0) is 62.4 Å². The van der Waals surface area contributed by atoms with E-state index in [0.29, 0.717) is 39.1 Å². The average Bonchev–Trinajstić information content (AvgIpc) is 2.76. The van der Waals surface area contributed by atoms with Crippen molar-refractivity contribution in [1.82, 2.24) is 14.9 Å². The third-order valence-corrected chi connectivity index (χ3v) is 7.41. The number of benzene rings is 1. The molecule has 3 N–H and O–H groups in total. The van der Waals surface area contributed by atoms with Gasteiger partial charge in [0.25, 0.3) is 0 Å². The summed E-state index contributed by atoms with van der Waals surface area (Å²) >= 11 is 12.5. The first-order valence-corrected chi connectivity index (χ1v) is 12.4. The molecule has 4 rings (SSSR count). The molecule has 7 nitrogen and oxygen atoms in total. The molecule has 2 unspecified atom stereocenters. The Bertz CT molecular complexity index is 1010. The Labute approximate surface area is 206 Å². The lowest BCUT2D eigenvalue weighted by molar-refractivity contribution is 0.124. The minimum absolute atomic E-state index is 0.113. The van der Waals surface area contributed by atoms with Gasteiger partial charge in [0.2, 0.25) is 5.95 Å². The van der Waals surface area contributed by atoms with Crippen molar-refractivity contribution in [3.8, 4) is 0 Å². The summed E-state index contributed by atoms with van der Waals surface area (Å²) in [6, 6.07) is 5.37. The molecule has 2 atom stereocenters. The summed E-state index contributed by atoms with van der Waals surface area (Å²) in [7, 11) is 1.71. The van der Waals surface area contributed by atoms with Gasteiger partial charge in [-0.15, -0.1) is 0 Å². The van der Waals surface area contributed by atoms with E-state index in [1.807, 2.05) is 19.1 Å². The first kappa shape index (κ1) is 24.0. The molecule has 0 bridgehead atoms. The van der Waals surface area contributed by atoms with Gasteiger partial charge in [0, 0.05) is 42.9 Å². The van der Waals surface area contributed by atoms with Crippen molar-refractivity contribution in [2.75, 3.05) is 55.7 Å². The lowest BCUT2D eigenvalue weighted by atomic mass is 9.81. The number of nitrogens with two attached hydrogens (primary N) is 1. The third kappa shape index (κ3) is 5.36. The van der Waals surface area contributed by atoms with Crippen molar-refractivity contribution in [1.29, 1.82) is 0 Å². The zero-order valence-electron chi connectivity index (χ0n) is 19.6. The molecule has 9 heteroatoms. The van der Waals surface area contributed by atoms with Crippen LogP contribution in [0.25, 0.3) is 0 Å². The summed E-state index contributed by atoms with van der Waals surface area (Å²) in [5, 5.41) is 4.63. The number of aromatic nitrogens is 2. The molecule has 2 saturated heterocycles. The number of halogens is 2. The van der Waals surface area contributed by atoms with Gasteiger partial charge in [-0.2, -0.15) is 4.98 Å².